The quantitative estimate of drug-likeness (QED) is 0.837. The molecule has 0 aliphatic carbocycles. The topological polar surface area (TPSA) is 15.3 Å². The van der Waals surface area contributed by atoms with Crippen molar-refractivity contribution in [3.63, 3.8) is 0 Å². The molecule has 0 aromatic heterocycles. The number of nitrogens with one attached hydrogen (secondary N) is 1. The molecule has 100 valence electrons. The Bertz CT molecular complexity index is 429. The monoisotopic (exact) mass is 266 g/mol. The van der Waals surface area contributed by atoms with Crippen LogP contribution < -0.4 is 10.2 Å². The number of benzene rings is 1. The molecule has 1 aliphatic rings. The van der Waals surface area contributed by atoms with Gasteiger partial charge in [0, 0.05) is 29.3 Å². The molecular weight excluding hydrogens is 244 g/mol. The van der Waals surface area contributed by atoms with Gasteiger partial charge in [-0.15, -0.1) is 0 Å². The Morgan fingerprint density at radius 3 is 2.83 bits per heavy atom. The zero-order chi connectivity index (χ0) is 13.3. The predicted octanol–water partition coefficient (Wildman–Crippen LogP) is 3.47. The summed E-state index contributed by atoms with van der Waals surface area (Å²) in [6.07, 6.45) is 0. The van der Waals surface area contributed by atoms with Crippen LogP contribution in [0.15, 0.2) is 18.2 Å². The molecule has 0 spiro atoms. The van der Waals surface area contributed by atoms with Crippen molar-refractivity contribution in [3.8, 4) is 0 Å². The van der Waals surface area contributed by atoms with Gasteiger partial charge in [0.2, 0.25) is 0 Å². The highest BCUT2D eigenvalue weighted by Crippen LogP contribution is 2.29. The van der Waals surface area contributed by atoms with E-state index in [1.807, 2.05) is 12.1 Å². The first-order valence-corrected chi connectivity index (χ1v) is 7.02. The molecule has 1 saturated heterocycles. The second-order valence-corrected chi connectivity index (χ2v) is 6.54. The van der Waals surface area contributed by atoms with Crippen LogP contribution in [-0.2, 0) is 0 Å². The summed E-state index contributed by atoms with van der Waals surface area (Å²) in [5.74, 6) is 0.644. The predicted molar refractivity (Wildman–Crippen MR) is 79.6 cm³/mol. The summed E-state index contributed by atoms with van der Waals surface area (Å²) in [4.78, 5) is 2.46. The summed E-state index contributed by atoms with van der Waals surface area (Å²) in [5.41, 5.74) is 2.59. The third-order valence-electron chi connectivity index (χ3n) is 3.63. The van der Waals surface area contributed by atoms with Crippen molar-refractivity contribution in [1.82, 2.24) is 5.32 Å². The van der Waals surface area contributed by atoms with Crippen LogP contribution in [0.5, 0.6) is 0 Å². The molecular formula is C15H23ClN2. The molecule has 1 aliphatic heterocycles. The number of hydrogen-bond acceptors (Lipinski definition) is 2. The van der Waals surface area contributed by atoms with Gasteiger partial charge in [-0.2, -0.15) is 0 Å². The van der Waals surface area contributed by atoms with Gasteiger partial charge < -0.3 is 10.2 Å². The third kappa shape index (κ3) is 2.99. The molecule has 1 heterocycles. The SMILES string of the molecule is Cc1c(Cl)cccc1N1CC(C)CNC(C)(C)C1. The Balaban J connectivity index is 2.32. The van der Waals surface area contributed by atoms with Crippen molar-refractivity contribution in [2.75, 3.05) is 24.5 Å². The molecule has 1 unspecified atom stereocenters. The summed E-state index contributed by atoms with van der Waals surface area (Å²) in [6, 6.07) is 6.18. The van der Waals surface area contributed by atoms with Gasteiger partial charge in [-0.25, -0.2) is 0 Å². The van der Waals surface area contributed by atoms with Gasteiger partial charge in [0.15, 0.2) is 0 Å². The second kappa shape index (κ2) is 5.10. The van der Waals surface area contributed by atoms with Crippen LogP contribution in [0.2, 0.25) is 5.02 Å². The van der Waals surface area contributed by atoms with Crippen LogP contribution in [0.25, 0.3) is 0 Å². The number of anilines is 1. The average Bonchev–Trinajstić information content (AvgIpc) is 2.42. The standard InChI is InChI=1S/C15H23ClN2/c1-11-8-17-15(3,4)10-18(9-11)14-7-5-6-13(16)12(14)2/h5-7,11,17H,8-10H2,1-4H3. The van der Waals surface area contributed by atoms with E-state index < -0.39 is 0 Å². The summed E-state index contributed by atoms with van der Waals surface area (Å²) in [5, 5.41) is 4.49. The van der Waals surface area contributed by atoms with Crippen molar-refractivity contribution in [3.05, 3.63) is 28.8 Å². The zero-order valence-corrected chi connectivity index (χ0v) is 12.5. The molecule has 1 aromatic rings. The molecule has 1 N–H and O–H groups in total. The maximum Gasteiger partial charge on any atom is 0.0455 e. The minimum Gasteiger partial charge on any atom is -0.369 e. The van der Waals surface area contributed by atoms with E-state index in [1.54, 1.807) is 0 Å². The van der Waals surface area contributed by atoms with E-state index in [0.29, 0.717) is 5.92 Å². The molecule has 18 heavy (non-hydrogen) atoms. The van der Waals surface area contributed by atoms with E-state index >= 15 is 0 Å². The van der Waals surface area contributed by atoms with Crippen LogP contribution in [0.1, 0.15) is 26.3 Å². The fraction of sp³-hybridized carbons (Fsp3) is 0.600. The molecule has 2 rings (SSSR count). The van der Waals surface area contributed by atoms with E-state index in [-0.39, 0.29) is 5.54 Å². The lowest BCUT2D eigenvalue weighted by Gasteiger charge is -2.32. The van der Waals surface area contributed by atoms with Crippen LogP contribution in [-0.4, -0.2) is 25.2 Å². The first-order chi connectivity index (χ1) is 8.39. The fourth-order valence-corrected chi connectivity index (χ4v) is 2.78. The molecule has 0 radical (unpaired) electrons. The smallest absolute Gasteiger partial charge is 0.0455 e. The molecule has 1 aromatic carbocycles. The molecule has 2 nitrogen and oxygen atoms in total. The van der Waals surface area contributed by atoms with Crippen LogP contribution in [0, 0.1) is 12.8 Å². The maximum absolute atomic E-state index is 6.24. The molecule has 1 atom stereocenters. The summed E-state index contributed by atoms with van der Waals surface area (Å²) in [7, 11) is 0. The Kier molecular flexibility index (Phi) is 3.88. The van der Waals surface area contributed by atoms with Gasteiger partial charge in [-0.3, -0.25) is 0 Å². The minimum atomic E-state index is 0.138. The van der Waals surface area contributed by atoms with E-state index in [2.05, 4.69) is 44.0 Å². The van der Waals surface area contributed by atoms with Crippen molar-refractivity contribution in [2.45, 2.75) is 33.2 Å². The molecule has 3 heteroatoms. The van der Waals surface area contributed by atoms with Gasteiger partial charge in [0.05, 0.1) is 0 Å². The number of nitrogens with zero attached hydrogens (tertiary/aromatic N) is 1. The lowest BCUT2D eigenvalue weighted by molar-refractivity contribution is 0.402. The highest BCUT2D eigenvalue weighted by atomic mass is 35.5. The summed E-state index contributed by atoms with van der Waals surface area (Å²) >= 11 is 6.24. The zero-order valence-electron chi connectivity index (χ0n) is 11.8. The van der Waals surface area contributed by atoms with Crippen molar-refractivity contribution in [2.24, 2.45) is 5.92 Å². The molecule has 0 saturated carbocycles. The van der Waals surface area contributed by atoms with Gasteiger partial charge in [0.1, 0.15) is 0 Å². The highest BCUT2D eigenvalue weighted by molar-refractivity contribution is 6.31. The molecule has 1 fully saturated rings. The van der Waals surface area contributed by atoms with Crippen molar-refractivity contribution >= 4 is 17.3 Å². The lowest BCUT2D eigenvalue weighted by atomic mass is 10.0. The minimum absolute atomic E-state index is 0.138. The largest absolute Gasteiger partial charge is 0.369 e. The molecule has 0 amide bonds. The first-order valence-electron chi connectivity index (χ1n) is 6.64. The first kappa shape index (κ1) is 13.7. The number of halogens is 1. The van der Waals surface area contributed by atoms with Gasteiger partial charge in [-0.1, -0.05) is 24.6 Å². The van der Waals surface area contributed by atoms with Gasteiger partial charge >= 0.3 is 0 Å². The number of rotatable bonds is 1. The number of hydrogen-bond donors (Lipinski definition) is 1. The van der Waals surface area contributed by atoms with Crippen LogP contribution in [0.3, 0.4) is 0 Å². The normalized spacial score (nSPS) is 23.8. The third-order valence-corrected chi connectivity index (χ3v) is 4.04. The van der Waals surface area contributed by atoms with Crippen molar-refractivity contribution in [1.29, 1.82) is 0 Å². The van der Waals surface area contributed by atoms with Crippen molar-refractivity contribution < 1.29 is 0 Å². The van der Waals surface area contributed by atoms with E-state index in [9.17, 15) is 0 Å². The Morgan fingerprint density at radius 1 is 1.39 bits per heavy atom. The van der Waals surface area contributed by atoms with Gasteiger partial charge in [-0.05, 0) is 50.9 Å². The molecule has 0 bridgehead atoms. The Labute approximate surface area is 115 Å². The van der Waals surface area contributed by atoms with E-state index in [1.165, 1.54) is 11.3 Å². The maximum atomic E-state index is 6.24. The fourth-order valence-electron chi connectivity index (χ4n) is 2.61. The Hall–Kier alpha value is -0.730. The summed E-state index contributed by atoms with van der Waals surface area (Å²) in [6.45, 7) is 12.1. The van der Waals surface area contributed by atoms with Crippen LogP contribution >= 0.6 is 11.6 Å². The average molecular weight is 267 g/mol. The summed E-state index contributed by atoms with van der Waals surface area (Å²) < 4.78 is 0. The second-order valence-electron chi connectivity index (χ2n) is 6.13. The lowest BCUT2D eigenvalue weighted by Crippen LogP contribution is -2.46. The van der Waals surface area contributed by atoms with E-state index in [4.69, 9.17) is 11.6 Å². The highest BCUT2D eigenvalue weighted by Gasteiger charge is 2.27. The van der Waals surface area contributed by atoms with Gasteiger partial charge in [0.25, 0.3) is 0 Å². The van der Waals surface area contributed by atoms with Crippen LogP contribution in [0.4, 0.5) is 5.69 Å². The van der Waals surface area contributed by atoms with E-state index in [0.717, 1.165) is 24.7 Å². The Morgan fingerprint density at radius 2 is 2.11 bits per heavy atom.